The molecule has 0 bridgehead atoms. The summed E-state index contributed by atoms with van der Waals surface area (Å²) in [5.74, 6) is -1.87. The van der Waals surface area contributed by atoms with Gasteiger partial charge in [0.2, 0.25) is 0 Å². The SMILES string of the molecule is CCc1ccc(NC(=O)C[NH2+][C@@H](C)c2ccc(F)c(F)c2)cc1. The summed E-state index contributed by atoms with van der Waals surface area (Å²) in [6.07, 6.45) is 0.952. The van der Waals surface area contributed by atoms with Gasteiger partial charge < -0.3 is 10.6 Å². The van der Waals surface area contributed by atoms with Crippen LogP contribution in [0.2, 0.25) is 0 Å². The number of benzene rings is 2. The first kappa shape index (κ1) is 17.1. The zero-order chi connectivity index (χ0) is 16.8. The molecule has 0 radical (unpaired) electrons. The summed E-state index contributed by atoms with van der Waals surface area (Å²) in [7, 11) is 0. The number of carbonyl (C=O) groups excluding carboxylic acids is 1. The molecule has 2 rings (SSSR count). The summed E-state index contributed by atoms with van der Waals surface area (Å²) in [6, 6.07) is 11.3. The van der Waals surface area contributed by atoms with Gasteiger partial charge in [0.15, 0.2) is 18.2 Å². The van der Waals surface area contributed by atoms with E-state index in [4.69, 9.17) is 0 Å². The maximum absolute atomic E-state index is 13.2. The van der Waals surface area contributed by atoms with E-state index in [2.05, 4.69) is 12.2 Å². The minimum atomic E-state index is -0.872. The van der Waals surface area contributed by atoms with E-state index >= 15 is 0 Å². The van der Waals surface area contributed by atoms with E-state index in [0.29, 0.717) is 5.56 Å². The Balaban J connectivity index is 1.86. The Morgan fingerprint density at radius 1 is 1.13 bits per heavy atom. The fraction of sp³-hybridized carbons (Fsp3) is 0.278. The van der Waals surface area contributed by atoms with Crippen molar-refractivity contribution in [1.29, 1.82) is 0 Å². The van der Waals surface area contributed by atoms with Gasteiger partial charge in [-0.15, -0.1) is 0 Å². The lowest BCUT2D eigenvalue weighted by Crippen LogP contribution is -2.86. The highest BCUT2D eigenvalue weighted by molar-refractivity contribution is 5.91. The van der Waals surface area contributed by atoms with Crippen molar-refractivity contribution in [3.8, 4) is 0 Å². The number of quaternary nitrogens is 1. The van der Waals surface area contributed by atoms with E-state index in [1.807, 2.05) is 31.2 Å². The van der Waals surface area contributed by atoms with Crippen molar-refractivity contribution in [2.24, 2.45) is 0 Å². The molecule has 3 N–H and O–H groups in total. The largest absolute Gasteiger partial charge is 0.333 e. The molecule has 3 nitrogen and oxygen atoms in total. The lowest BCUT2D eigenvalue weighted by molar-refractivity contribution is -0.682. The molecular formula is C18H21F2N2O+. The normalized spacial score (nSPS) is 12.0. The molecule has 0 unspecified atom stereocenters. The Labute approximate surface area is 134 Å². The summed E-state index contributed by atoms with van der Waals surface area (Å²) in [5, 5.41) is 4.60. The minimum Gasteiger partial charge on any atom is -0.333 e. The Morgan fingerprint density at radius 2 is 1.83 bits per heavy atom. The Morgan fingerprint density at radius 3 is 2.43 bits per heavy atom. The summed E-state index contributed by atoms with van der Waals surface area (Å²) in [4.78, 5) is 11.9. The zero-order valence-electron chi connectivity index (χ0n) is 13.3. The van der Waals surface area contributed by atoms with Crippen molar-refractivity contribution < 1.29 is 18.9 Å². The number of aryl methyl sites for hydroxylation is 1. The van der Waals surface area contributed by atoms with E-state index in [1.54, 1.807) is 5.32 Å². The second-order valence-corrected chi connectivity index (χ2v) is 5.50. The maximum Gasteiger partial charge on any atom is 0.279 e. The number of nitrogens with one attached hydrogen (secondary N) is 1. The number of halogens is 2. The number of nitrogens with two attached hydrogens (primary N) is 1. The molecule has 5 heteroatoms. The van der Waals surface area contributed by atoms with E-state index in [0.717, 1.165) is 24.2 Å². The molecule has 2 aromatic rings. The lowest BCUT2D eigenvalue weighted by atomic mass is 10.1. The standard InChI is InChI=1S/C18H20F2N2O/c1-3-13-4-7-15(8-5-13)22-18(23)11-21-12(2)14-6-9-16(19)17(20)10-14/h4-10,12,21H,3,11H2,1-2H3,(H,22,23)/p+1/t12-/m0/s1. The molecule has 0 aliphatic heterocycles. The van der Waals surface area contributed by atoms with Gasteiger partial charge in [0.25, 0.3) is 5.91 Å². The number of hydrogen-bond acceptors (Lipinski definition) is 1. The van der Waals surface area contributed by atoms with Gasteiger partial charge in [0.1, 0.15) is 6.04 Å². The Kier molecular flexibility index (Phi) is 5.82. The van der Waals surface area contributed by atoms with Crippen LogP contribution in [0.15, 0.2) is 42.5 Å². The predicted octanol–water partition coefficient (Wildman–Crippen LogP) is 2.79. The molecule has 0 spiro atoms. The van der Waals surface area contributed by atoms with Crippen LogP contribution in [0, 0.1) is 11.6 Å². The van der Waals surface area contributed by atoms with E-state index < -0.39 is 11.6 Å². The number of amides is 1. The first-order valence-electron chi connectivity index (χ1n) is 7.66. The van der Waals surface area contributed by atoms with Crippen molar-refractivity contribution in [1.82, 2.24) is 0 Å². The second kappa shape index (κ2) is 7.83. The molecule has 0 saturated carbocycles. The van der Waals surface area contributed by atoms with E-state index in [1.165, 1.54) is 11.6 Å². The van der Waals surface area contributed by atoms with Gasteiger partial charge in [-0.2, -0.15) is 0 Å². The summed E-state index contributed by atoms with van der Waals surface area (Å²) < 4.78 is 26.1. The van der Waals surface area contributed by atoms with Gasteiger partial charge in [-0.1, -0.05) is 19.1 Å². The molecule has 0 aliphatic carbocycles. The first-order chi connectivity index (χ1) is 11.0. The molecular weight excluding hydrogens is 298 g/mol. The van der Waals surface area contributed by atoms with E-state index in [9.17, 15) is 13.6 Å². The molecule has 2 aromatic carbocycles. The highest BCUT2D eigenvalue weighted by Crippen LogP contribution is 2.13. The van der Waals surface area contributed by atoms with Crippen molar-refractivity contribution in [2.75, 3.05) is 11.9 Å². The van der Waals surface area contributed by atoms with Crippen LogP contribution in [0.5, 0.6) is 0 Å². The third kappa shape index (κ3) is 4.86. The van der Waals surface area contributed by atoms with Crippen molar-refractivity contribution in [2.45, 2.75) is 26.3 Å². The van der Waals surface area contributed by atoms with Gasteiger partial charge in [0.05, 0.1) is 0 Å². The number of rotatable bonds is 6. The molecule has 0 saturated heterocycles. The lowest BCUT2D eigenvalue weighted by Gasteiger charge is -2.11. The Bertz CT molecular complexity index is 671. The third-order valence-corrected chi connectivity index (χ3v) is 3.77. The molecule has 0 aromatic heterocycles. The highest BCUT2D eigenvalue weighted by Gasteiger charge is 2.13. The maximum atomic E-state index is 13.2. The Hall–Kier alpha value is -2.27. The molecule has 0 heterocycles. The van der Waals surface area contributed by atoms with Gasteiger partial charge in [-0.25, -0.2) is 8.78 Å². The molecule has 23 heavy (non-hydrogen) atoms. The second-order valence-electron chi connectivity index (χ2n) is 5.50. The average Bonchev–Trinajstić information content (AvgIpc) is 2.56. The first-order valence-corrected chi connectivity index (χ1v) is 7.66. The smallest absolute Gasteiger partial charge is 0.279 e. The van der Waals surface area contributed by atoms with Gasteiger partial charge >= 0.3 is 0 Å². The van der Waals surface area contributed by atoms with Gasteiger partial charge in [0, 0.05) is 11.3 Å². The summed E-state index contributed by atoms with van der Waals surface area (Å²) in [5.41, 5.74) is 2.60. The predicted molar refractivity (Wildman–Crippen MR) is 86.0 cm³/mol. The van der Waals surface area contributed by atoms with Crippen molar-refractivity contribution >= 4 is 11.6 Å². The number of anilines is 1. The molecule has 0 aliphatic rings. The van der Waals surface area contributed by atoms with Crippen molar-refractivity contribution in [3.05, 3.63) is 65.2 Å². The van der Waals surface area contributed by atoms with Gasteiger partial charge in [-0.3, -0.25) is 4.79 Å². The monoisotopic (exact) mass is 319 g/mol. The van der Waals surface area contributed by atoms with Crippen LogP contribution >= 0.6 is 0 Å². The number of carbonyl (C=O) groups is 1. The summed E-state index contributed by atoms with van der Waals surface area (Å²) >= 11 is 0. The van der Waals surface area contributed by atoms with Crippen LogP contribution in [0.4, 0.5) is 14.5 Å². The summed E-state index contributed by atoms with van der Waals surface area (Å²) in [6.45, 7) is 4.12. The minimum absolute atomic E-state index is 0.135. The van der Waals surface area contributed by atoms with Crippen LogP contribution < -0.4 is 10.6 Å². The fourth-order valence-electron chi connectivity index (χ4n) is 2.25. The number of hydrogen-bond donors (Lipinski definition) is 2. The van der Waals surface area contributed by atoms with Crippen LogP contribution in [0.1, 0.15) is 31.0 Å². The highest BCUT2D eigenvalue weighted by atomic mass is 19.2. The zero-order valence-corrected chi connectivity index (χ0v) is 13.3. The van der Waals surface area contributed by atoms with Gasteiger partial charge in [-0.05, 0) is 49.2 Å². The van der Waals surface area contributed by atoms with E-state index in [-0.39, 0.29) is 18.5 Å². The molecule has 0 fully saturated rings. The molecule has 122 valence electrons. The van der Waals surface area contributed by atoms with Crippen LogP contribution in [-0.2, 0) is 11.2 Å². The molecule has 1 atom stereocenters. The van der Waals surface area contributed by atoms with Crippen LogP contribution in [0.3, 0.4) is 0 Å². The van der Waals surface area contributed by atoms with Crippen LogP contribution in [-0.4, -0.2) is 12.5 Å². The average molecular weight is 319 g/mol. The fourth-order valence-corrected chi connectivity index (χ4v) is 2.25. The quantitative estimate of drug-likeness (QED) is 0.845. The van der Waals surface area contributed by atoms with Crippen molar-refractivity contribution in [3.63, 3.8) is 0 Å². The topological polar surface area (TPSA) is 45.7 Å². The molecule has 1 amide bonds. The van der Waals surface area contributed by atoms with Crippen LogP contribution in [0.25, 0.3) is 0 Å². The third-order valence-electron chi connectivity index (χ3n) is 3.77.